The number of hydrogen-bond donors (Lipinski definition) is 1. The molecule has 1 aromatic carbocycles. The minimum absolute atomic E-state index is 0.117. The van der Waals surface area contributed by atoms with Gasteiger partial charge in [-0.15, -0.1) is 0 Å². The Hall–Kier alpha value is -2.21. The Labute approximate surface area is 117 Å². The number of benzene rings is 1. The number of nitro groups is 1. The van der Waals surface area contributed by atoms with Crippen LogP contribution < -0.4 is 5.32 Å². The van der Waals surface area contributed by atoms with Gasteiger partial charge in [0.15, 0.2) is 0 Å². The molecule has 6 nitrogen and oxygen atoms in total. The molecule has 106 valence electrons. The van der Waals surface area contributed by atoms with Crippen LogP contribution in [0.2, 0.25) is 0 Å². The van der Waals surface area contributed by atoms with Gasteiger partial charge in [0, 0.05) is 37.5 Å². The highest BCUT2D eigenvalue weighted by Crippen LogP contribution is 2.14. The summed E-state index contributed by atoms with van der Waals surface area (Å²) in [5.74, 6) is 0.981. The van der Waals surface area contributed by atoms with Crippen LogP contribution >= 0.6 is 0 Å². The summed E-state index contributed by atoms with van der Waals surface area (Å²) in [6.45, 7) is 1.89. The number of aromatic nitrogens is 2. The van der Waals surface area contributed by atoms with E-state index in [1.54, 1.807) is 18.3 Å². The molecule has 0 bridgehead atoms. The fourth-order valence-electron chi connectivity index (χ4n) is 2.06. The van der Waals surface area contributed by atoms with Gasteiger partial charge in [0.2, 0.25) is 0 Å². The second kappa shape index (κ2) is 6.81. The average Bonchev–Trinajstić information content (AvgIpc) is 2.87. The van der Waals surface area contributed by atoms with Gasteiger partial charge in [-0.1, -0.05) is 12.1 Å². The van der Waals surface area contributed by atoms with Gasteiger partial charge >= 0.3 is 0 Å². The summed E-state index contributed by atoms with van der Waals surface area (Å²) in [6.07, 6.45) is 5.49. The summed E-state index contributed by atoms with van der Waals surface area (Å²) in [6, 6.07) is 6.63. The second-order valence-corrected chi connectivity index (χ2v) is 4.59. The van der Waals surface area contributed by atoms with E-state index >= 15 is 0 Å². The zero-order valence-corrected chi connectivity index (χ0v) is 11.5. The number of nitrogens with one attached hydrogen (secondary N) is 1. The molecule has 0 aliphatic rings. The molecule has 1 heterocycles. The Bertz CT molecular complexity index is 563. The summed E-state index contributed by atoms with van der Waals surface area (Å²) in [5.41, 5.74) is 1.14. The molecule has 1 aromatic heterocycles. The van der Waals surface area contributed by atoms with Crippen LogP contribution in [-0.4, -0.2) is 28.1 Å². The quantitative estimate of drug-likeness (QED) is 0.476. The van der Waals surface area contributed by atoms with Crippen molar-refractivity contribution in [3.8, 4) is 0 Å². The highest BCUT2D eigenvalue weighted by Gasteiger charge is 2.07. The fourth-order valence-corrected chi connectivity index (χ4v) is 2.06. The van der Waals surface area contributed by atoms with Crippen molar-refractivity contribution in [2.24, 2.45) is 0 Å². The van der Waals surface area contributed by atoms with Gasteiger partial charge in [0.1, 0.15) is 5.82 Å². The third kappa shape index (κ3) is 3.64. The molecule has 0 fully saturated rings. The first-order valence-corrected chi connectivity index (χ1v) is 6.58. The van der Waals surface area contributed by atoms with Crippen LogP contribution in [0.15, 0.2) is 36.7 Å². The van der Waals surface area contributed by atoms with E-state index in [0.29, 0.717) is 6.42 Å². The van der Waals surface area contributed by atoms with Gasteiger partial charge in [0.25, 0.3) is 5.69 Å². The second-order valence-electron chi connectivity index (χ2n) is 4.59. The Kier molecular flexibility index (Phi) is 4.84. The molecule has 6 heteroatoms. The number of non-ortho nitro benzene ring substituents is 1. The standard InChI is InChI=1S/C14H18N4O2/c1-15-7-2-9-17-10-8-16-14(17)11-12-3-5-13(6-4-12)18(19)20/h3-6,8,10,15H,2,7,9,11H2,1H3. The van der Waals surface area contributed by atoms with Crippen molar-refractivity contribution < 1.29 is 4.92 Å². The van der Waals surface area contributed by atoms with Crippen LogP contribution in [0.25, 0.3) is 0 Å². The number of aryl methyl sites for hydroxylation is 1. The molecule has 0 amide bonds. The number of hydrogen-bond acceptors (Lipinski definition) is 4. The number of nitro benzene ring substituents is 1. The number of imidazole rings is 1. The van der Waals surface area contributed by atoms with Crippen LogP contribution in [0.3, 0.4) is 0 Å². The lowest BCUT2D eigenvalue weighted by Crippen LogP contribution is -2.12. The number of nitrogens with zero attached hydrogens (tertiary/aromatic N) is 3. The zero-order valence-electron chi connectivity index (χ0n) is 11.5. The van der Waals surface area contributed by atoms with Crippen molar-refractivity contribution >= 4 is 5.69 Å². The largest absolute Gasteiger partial charge is 0.335 e. The Morgan fingerprint density at radius 2 is 2.10 bits per heavy atom. The lowest BCUT2D eigenvalue weighted by molar-refractivity contribution is -0.384. The summed E-state index contributed by atoms with van der Waals surface area (Å²) in [7, 11) is 1.94. The average molecular weight is 274 g/mol. The third-order valence-electron chi connectivity index (χ3n) is 3.14. The topological polar surface area (TPSA) is 73.0 Å². The first kappa shape index (κ1) is 14.2. The molecule has 0 spiro atoms. The van der Waals surface area contributed by atoms with Crippen molar-refractivity contribution in [1.82, 2.24) is 14.9 Å². The van der Waals surface area contributed by atoms with E-state index in [1.165, 1.54) is 12.1 Å². The van der Waals surface area contributed by atoms with Gasteiger partial charge in [-0.3, -0.25) is 10.1 Å². The summed E-state index contributed by atoms with van der Waals surface area (Å²) < 4.78 is 2.12. The van der Waals surface area contributed by atoms with Gasteiger partial charge in [0.05, 0.1) is 4.92 Å². The van der Waals surface area contributed by atoms with Crippen LogP contribution in [0.4, 0.5) is 5.69 Å². The normalized spacial score (nSPS) is 10.7. The summed E-state index contributed by atoms with van der Waals surface area (Å²) in [4.78, 5) is 14.6. The molecule has 2 rings (SSSR count). The molecule has 0 aliphatic carbocycles. The molecule has 0 unspecified atom stereocenters. The number of rotatable bonds is 7. The molecule has 0 saturated heterocycles. The minimum atomic E-state index is -0.386. The van der Waals surface area contributed by atoms with E-state index in [-0.39, 0.29) is 10.6 Å². The Morgan fingerprint density at radius 1 is 1.35 bits per heavy atom. The van der Waals surface area contributed by atoms with E-state index in [9.17, 15) is 10.1 Å². The van der Waals surface area contributed by atoms with Crippen LogP contribution in [-0.2, 0) is 13.0 Å². The monoisotopic (exact) mass is 274 g/mol. The molecule has 1 N–H and O–H groups in total. The highest BCUT2D eigenvalue weighted by molar-refractivity contribution is 5.34. The van der Waals surface area contributed by atoms with Gasteiger partial charge in [-0.25, -0.2) is 4.98 Å². The maximum absolute atomic E-state index is 10.6. The summed E-state index contributed by atoms with van der Waals surface area (Å²) in [5, 5.41) is 13.7. The maximum atomic E-state index is 10.6. The Balaban J connectivity index is 2.02. The molecule has 0 saturated carbocycles. The lowest BCUT2D eigenvalue weighted by atomic mass is 10.1. The maximum Gasteiger partial charge on any atom is 0.269 e. The van der Waals surface area contributed by atoms with Crippen LogP contribution in [0.5, 0.6) is 0 Å². The zero-order chi connectivity index (χ0) is 14.4. The van der Waals surface area contributed by atoms with Crippen LogP contribution in [0.1, 0.15) is 17.8 Å². The van der Waals surface area contributed by atoms with E-state index in [0.717, 1.165) is 30.9 Å². The molecule has 0 radical (unpaired) electrons. The van der Waals surface area contributed by atoms with Crippen molar-refractivity contribution in [2.75, 3.05) is 13.6 Å². The highest BCUT2D eigenvalue weighted by atomic mass is 16.6. The first-order chi connectivity index (χ1) is 9.70. The SMILES string of the molecule is CNCCCn1ccnc1Cc1ccc([N+](=O)[O-])cc1. The molecule has 0 aliphatic heterocycles. The summed E-state index contributed by atoms with van der Waals surface area (Å²) >= 11 is 0. The predicted molar refractivity (Wildman–Crippen MR) is 76.7 cm³/mol. The van der Waals surface area contributed by atoms with E-state index in [1.807, 2.05) is 13.2 Å². The van der Waals surface area contributed by atoms with Crippen molar-refractivity contribution in [3.05, 3.63) is 58.2 Å². The van der Waals surface area contributed by atoms with E-state index < -0.39 is 0 Å². The van der Waals surface area contributed by atoms with Crippen molar-refractivity contribution in [2.45, 2.75) is 19.4 Å². The van der Waals surface area contributed by atoms with Crippen LogP contribution in [0, 0.1) is 10.1 Å². The minimum Gasteiger partial charge on any atom is -0.335 e. The van der Waals surface area contributed by atoms with Gasteiger partial charge < -0.3 is 9.88 Å². The first-order valence-electron chi connectivity index (χ1n) is 6.58. The van der Waals surface area contributed by atoms with Crippen molar-refractivity contribution in [3.63, 3.8) is 0 Å². The molecule has 2 aromatic rings. The van der Waals surface area contributed by atoms with E-state index in [2.05, 4.69) is 14.9 Å². The molecular weight excluding hydrogens is 256 g/mol. The van der Waals surface area contributed by atoms with E-state index in [4.69, 9.17) is 0 Å². The molecule has 20 heavy (non-hydrogen) atoms. The third-order valence-corrected chi connectivity index (χ3v) is 3.14. The molecular formula is C14H18N4O2. The lowest BCUT2D eigenvalue weighted by Gasteiger charge is -2.07. The fraction of sp³-hybridized carbons (Fsp3) is 0.357. The predicted octanol–water partition coefficient (Wildman–Crippen LogP) is 1.99. The Morgan fingerprint density at radius 3 is 2.75 bits per heavy atom. The van der Waals surface area contributed by atoms with Gasteiger partial charge in [-0.05, 0) is 25.6 Å². The smallest absolute Gasteiger partial charge is 0.269 e. The molecule has 0 atom stereocenters. The van der Waals surface area contributed by atoms with Crippen molar-refractivity contribution in [1.29, 1.82) is 0 Å². The van der Waals surface area contributed by atoms with Gasteiger partial charge in [-0.2, -0.15) is 0 Å².